The lowest BCUT2D eigenvalue weighted by molar-refractivity contribution is -0.118. The van der Waals surface area contributed by atoms with Crippen LogP contribution in [0, 0.1) is 13.8 Å². The number of benzene rings is 3. The first-order valence-corrected chi connectivity index (χ1v) is 9.62. The van der Waals surface area contributed by atoms with Crippen molar-refractivity contribution < 1.29 is 13.9 Å². The molecule has 0 saturated carbocycles. The number of hydrogen-bond acceptors (Lipinski definition) is 4. The Labute approximate surface area is 173 Å². The minimum absolute atomic E-state index is 0.110. The van der Waals surface area contributed by atoms with Crippen LogP contribution < -0.4 is 15.5 Å². The summed E-state index contributed by atoms with van der Waals surface area (Å²) in [6.45, 7) is 3.86. The highest BCUT2D eigenvalue weighted by Gasteiger charge is 2.11. The highest BCUT2D eigenvalue weighted by molar-refractivity contribution is 5.92. The average Bonchev–Trinajstić information content (AvgIpc) is 2.76. The molecule has 0 aliphatic rings. The highest BCUT2D eigenvalue weighted by Crippen LogP contribution is 2.23. The maximum Gasteiger partial charge on any atom is 0.262 e. The summed E-state index contributed by atoms with van der Waals surface area (Å²) in [5.41, 5.74) is 4.60. The second-order valence-corrected chi connectivity index (χ2v) is 7.14. The second kappa shape index (κ2) is 8.25. The zero-order valence-electron chi connectivity index (χ0n) is 16.8. The molecule has 1 heterocycles. The third-order valence-corrected chi connectivity index (χ3v) is 4.99. The molecular formula is C25H21NO4. The lowest BCUT2D eigenvalue weighted by Crippen LogP contribution is -2.20. The van der Waals surface area contributed by atoms with Crippen LogP contribution in [0.25, 0.3) is 22.1 Å². The van der Waals surface area contributed by atoms with E-state index in [0.29, 0.717) is 22.3 Å². The molecule has 1 N–H and O–H groups in total. The van der Waals surface area contributed by atoms with Gasteiger partial charge in [-0.3, -0.25) is 9.59 Å². The minimum Gasteiger partial charge on any atom is -0.484 e. The number of hydrogen-bond donors (Lipinski definition) is 1. The Kier molecular flexibility index (Phi) is 5.35. The normalized spacial score (nSPS) is 10.7. The average molecular weight is 399 g/mol. The van der Waals surface area contributed by atoms with Crippen LogP contribution in [0.2, 0.25) is 0 Å². The number of amides is 1. The van der Waals surface area contributed by atoms with Crippen molar-refractivity contribution in [1.29, 1.82) is 0 Å². The van der Waals surface area contributed by atoms with Crippen molar-refractivity contribution in [2.45, 2.75) is 13.8 Å². The van der Waals surface area contributed by atoms with Crippen molar-refractivity contribution in [1.82, 2.24) is 0 Å². The summed E-state index contributed by atoms with van der Waals surface area (Å²) in [5.74, 6) is 0.188. The number of aryl methyl sites for hydroxylation is 2. The van der Waals surface area contributed by atoms with Gasteiger partial charge in [0.05, 0.1) is 10.9 Å². The number of anilines is 1. The van der Waals surface area contributed by atoms with Crippen molar-refractivity contribution in [3.8, 4) is 16.9 Å². The molecule has 3 aromatic carbocycles. The van der Waals surface area contributed by atoms with Gasteiger partial charge in [0.2, 0.25) is 0 Å². The monoisotopic (exact) mass is 399 g/mol. The van der Waals surface area contributed by atoms with E-state index >= 15 is 0 Å². The van der Waals surface area contributed by atoms with Gasteiger partial charge in [-0.15, -0.1) is 0 Å². The molecule has 0 aliphatic carbocycles. The highest BCUT2D eigenvalue weighted by atomic mass is 16.5. The predicted octanol–water partition coefficient (Wildman–Crippen LogP) is 5.09. The van der Waals surface area contributed by atoms with Crippen LogP contribution >= 0.6 is 0 Å². The fourth-order valence-corrected chi connectivity index (χ4v) is 3.18. The number of rotatable bonds is 5. The molecule has 0 saturated heterocycles. The van der Waals surface area contributed by atoms with Crippen molar-refractivity contribution in [3.63, 3.8) is 0 Å². The Balaban J connectivity index is 1.48. The zero-order valence-corrected chi connectivity index (χ0v) is 16.8. The summed E-state index contributed by atoms with van der Waals surface area (Å²) in [4.78, 5) is 25.0. The van der Waals surface area contributed by atoms with Crippen molar-refractivity contribution in [3.05, 3.63) is 94.3 Å². The molecule has 5 nitrogen and oxygen atoms in total. The van der Waals surface area contributed by atoms with E-state index in [1.165, 1.54) is 6.26 Å². The van der Waals surface area contributed by atoms with Crippen LogP contribution in [0.15, 0.2) is 82.2 Å². The Hall–Kier alpha value is -3.86. The summed E-state index contributed by atoms with van der Waals surface area (Å²) in [6.07, 6.45) is 1.45. The van der Waals surface area contributed by atoms with E-state index < -0.39 is 0 Å². The summed E-state index contributed by atoms with van der Waals surface area (Å²) in [6, 6.07) is 20.0. The first-order valence-electron chi connectivity index (χ1n) is 9.62. The predicted molar refractivity (Wildman–Crippen MR) is 118 cm³/mol. The third-order valence-electron chi connectivity index (χ3n) is 4.99. The molecule has 1 aromatic heterocycles. The fraction of sp³-hybridized carbons (Fsp3) is 0.120. The Morgan fingerprint density at radius 2 is 1.77 bits per heavy atom. The van der Waals surface area contributed by atoms with E-state index in [1.807, 2.05) is 62.4 Å². The van der Waals surface area contributed by atoms with Crippen LogP contribution in [0.3, 0.4) is 0 Å². The van der Waals surface area contributed by atoms with Gasteiger partial charge in [0.15, 0.2) is 12.0 Å². The maximum atomic E-state index is 12.8. The Morgan fingerprint density at radius 1 is 0.967 bits per heavy atom. The molecule has 0 unspecified atom stereocenters. The molecule has 30 heavy (non-hydrogen) atoms. The smallest absolute Gasteiger partial charge is 0.262 e. The van der Waals surface area contributed by atoms with Gasteiger partial charge < -0.3 is 14.5 Å². The van der Waals surface area contributed by atoms with Crippen LogP contribution in [0.1, 0.15) is 11.1 Å². The molecular weight excluding hydrogens is 378 g/mol. The number of nitrogens with one attached hydrogen (secondary N) is 1. The van der Waals surface area contributed by atoms with Gasteiger partial charge in [-0.05, 0) is 54.8 Å². The van der Waals surface area contributed by atoms with Crippen LogP contribution in [-0.4, -0.2) is 12.5 Å². The van der Waals surface area contributed by atoms with Crippen molar-refractivity contribution >= 4 is 22.6 Å². The Morgan fingerprint density at radius 3 is 2.53 bits per heavy atom. The number of carbonyl (C=O) groups is 1. The molecule has 0 radical (unpaired) electrons. The van der Waals surface area contributed by atoms with Gasteiger partial charge in [-0.25, -0.2) is 0 Å². The standard InChI is InChI=1S/C25H21NO4/c1-16-8-9-19(12-17(16)2)26-24(27)15-29-20-10-11-21-23(13-20)30-14-22(25(21)28)18-6-4-3-5-7-18/h3-14H,15H2,1-2H3,(H,26,27). The van der Waals surface area contributed by atoms with Gasteiger partial charge in [-0.2, -0.15) is 0 Å². The van der Waals surface area contributed by atoms with E-state index in [-0.39, 0.29) is 17.9 Å². The molecule has 0 spiro atoms. The number of fused-ring (bicyclic) bond motifs is 1. The topological polar surface area (TPSA) is 68.5 Å². The first-order chi connectivity index (χ1) is 14.5. The van der Waals surface area contributed by atoms with E-state index in [4.69, 9.17) is 9.15 Å². The van der Waals surface area contributed by atoms with Gasteiger partial charge in [0.1, 0.15) is 17.6 Å². The molecule has 0 aliphatic heterocycles. The molecule has 0 fully saturated rings. The van der Waals surface area contributed by atoms with E-state index in [1.54, 1.807) is 18.2 Å². The Bertz CT molecular complexity index is 1280. The summed E-state index contributed by atoms with van der Waals surface area (Å²) < 4.78 is 11.2. The lowest BCUT2D eigenvalue weighted by Gasteiger charge is -2.10. The van der Waals surface area contributed by atoms with Crippen LogP contribution in [0.5, 0.6) is 5.75 Å². The van der Waals surface area contributed by atoms with Gasteiger partial charge in [-0.1, -0.05) is 36.4 Å². The van der Waals surface area contributed by atoms with E-state index in [2.05, 4.69) is 5.32 Å². The third kappa shape index (κ3) is 4.10. The first kappa shape index (κ1) is 19.5. The summed E-state index contributed by atoms with van der Waals surface area (Å²) in [5, 5.41) is 3.28. The molecule has 4 aromatic rings. The SMILES string of the molecule is Cc1ccc(NC(=O)COc2ccc3c(=O)c(-c4ccccc4)coc3c2)cc1C. The zero-order chi connectivity index (χ0) is 21.1. The van der Waals surface area contributed by atoms with Crippen LogP contribution in [-0.2, 0) is 4.79 Å². The van der Waals surface area contributed by atoms with Gasteiger partial charge >= 0.3 is 0 Å². The molecule has 0 bridgehead atoms. The van der Waals surface area contributed by atoms with E-state index in [9.17, 15) is 9.59 Å². The second-order valence-electron chi connectivity index (χ2n) is 7.14. The summed E-state index contributed by atoms with van der Waals surface area (Å²) in [7, 11) is 0. The quantitative estimate of drug-likeness (QED) is 0.507. The maximum absolute atomic E-state index is 12.8. The van der Waals surface area contributed by atoms with Crippen LogP contribution in [0.4, 0.5) is 5.69 Å². The molecule has 4 rings (SSSR count). The molecule has 1 amide bonds. The van der Waals surface area contributed by atoms with Crippen molar-refractivity contribution in [2.75, 3.05) is 11.9 Å². The minimum atomic E-state index is -0.265. The van der Waals surface area contributed by atoms with Crippen molar-refractivity contribution in [2.24, 2.45) is 0 Å². The number of carbonyl (C=O) groups excluding carboxylic acids is 1. The van der Waals surface area contributed by atoms with Gasteiger partial charge in [0.25, 0.3) is 5.91 Å². The van der Waals surface area contributed by atoms with Gasteiger partial charge in [0, 0.05) is 11.8 Å². The lowest BCUT2D eigenvalue weighted by atomic mass is 10.1. The summed E-state index contributed by atoms with van der Waals surface area (Å²) >= 11 is 0. The largest absolute Gasteiger partial charge is 0.484 e. The fourth-order valence-electron chi connectivity index (χ4n) is 3.18. The molecule has 5 heteroatoms. The molecule has 150 valence electrons. The molecule has 0 atom stereocenters. The van der Waals surface area contributed by atoms with E-state index in [0.717, 1.165) is 22.4 Å². The number of ether oxygens (including phenoxy) is 1.